The molecule has 0 aliphatic carbocycles. The Morgan fingerprint density at radius 1 is 1.00 bits per heavy atom. The van der Waals surface area contributed by atoms with Gasteiger partial charge in [-0.3, -0.25) is 4.79 Å². The molecule has 0 radical (unpaired) electrons. The minimum absolute atomic E-state index is 0.0226. The van der Waals surface area contributed by atoms with Crippen LogP contribution in [0.4, 0.5) is 5.69 Å². The third-order valence-electron chi connectivity index (χ3n) is 5.90. The van der Waals surface area contributed by atoms with E-state index in [9.17, 15) is 13.2 Å². The maximum atomic E-state index is 13.0. The fourth-order valence-electron chi connectivity index (χ4n) is 4.07. The molecule has 11 heteroatoms. The Balaban J connectivity index is 1.42. The molecular weight excluding hydrogens is 508 g/mol. The summed E-state index contributed by atoms with van der Waals surface area (Å²) in [5.41, 5.74) is 4.03. The van der Waals surface area contributed by atoms with Gasteiger partial charge in [-0.2, -0.15) is 0 Å². The molecule has 1 amide bonds. The number of benzene rings is 3. The molecule has 0 bridgehead atoms. The molecule has 9 nitrogen and oxygen atoms in total. The van der Waals surface area contributed by atoms with Crippen molar-refractivity contribution in [3.05, 3.63) is 84.4 Å². The van der Waals surface area contributed by atoms with Crippen LogP contribution in [0.5, 0.6) is 0 Å². The summed E-state index contributed by atoms with van der Waals surface area (Å²) in [5.74, 6) is -0.246. The highest BCUT2D eigenvalue weighted by atomic mass is 32.2. The minimum atomic E-state index is -3.80. The average Bonchev–Trinajstić information content (AvgIpc) is 3.20. The van der Waals surface area contributed by atoms with Crippen molar-refractivity contribution in [2.75, 3.05) is 5.32 Å². The Hall–Kier alpha value is -3.80. The van der Waals surface area contributed by atoms with Gasteiger partial charge in [0.25, 0.3) is 0 Å². The average molecular weight is 533 g/mol. The molecule has 5 aromatic rings. The van der Waals surface area contributed by atoms with Crippen LogP contribution in [0.25, 0.3) is 22.1 Å². The number of rotatable bonds is 8. The monoisotopic (exact) mass is 532 g/mol. The predicted molar refractivity (Wildman–Crippen MR) is 145 cm³/mol. The van der Waals surface area contributed by atoms with Gasteiger partial charge >= 0.3 is 0 Å². The zero-order valence-electron chi connectivity index (χ0n) is 19.9. The number of primary sulfonamides is 1. The van der Waals surface area contributed by atoms with E-state index >= 15 is 0 Å². The number of para-hydroxylation sites is 1. The summed E-state index contributed by atoms with van der Waals surface area (Å²) >= 11 is 1.24. The van der Waals surface area contributed by atoms with Gasteiger partial charge in [0.2, 0.25) is 21.1 Å². The molecule has 1 atom stereocenters. The quantitative estimate of drug-likeness (QED) is 0.286. The lowest BCUT2D eigenvalue weighted by molar-refractivity contribution is -0.115. The fourth-order valence-corrected chi connectivity index (χ4v) is 5.40. The summed E-state index contributed by atoms with van der Waals surface area (Å²) in [6.45, 7) is 2.53. The van der Waals surface area contributed by atoms with Crippen molar-refractivity contribution in [3.8, 4) is 0 Å². The van der Waals surface area contributed by atoms with Crippen molar-refractivity contribution in [2.24, 2.45) is 5.14 Å². The van der Waals surface area contributed by atoms with E-state index in [0.29, 0.717) is 35.0 Å². The van der Waals surface area contributed by atoms with Crippen molar-refractivity contribution in [3.63, 3.8) is 0 Å². The number of thioether (sulfide) groups is 1. The lowest BCUT2D eigenvalue weighted by atomic mass is 10.2. The maximum absolute atomic E-state index is 13.0. The molecule has 37 heavy (non-hydrogen) atoms. The molecule has 2 aromatic heterocycles. The number of nitrogens with two attached hydrogens (primary N) is 1. The number of carbonyl (C=O) groups is 1. The number of sulfonamides is 1. The van der Waals surface area contributed by atoms with Gasteiger partial charge in [-0.15, -0.1) is 10.2 Å². The molecule has 0 aliphatic heterocycles. The maximum Gasteiger partial charge on any atom is 0.238 e. The molecule has 0 fully saturated rings. The van der Waals surface area contributed by atoms with Crippen molar-refractivity contribution < 1.29 is 13.2 Å². The van der Waals surface area contributed by atoms with Crippen LogP contribution in [0.1, 0.15) is 18.9 Å². The third-order valence-corrected chi connectivity index (χ3v) is 8.04. The van der Waals surface area contributed by atoms with Gasteiger partial charge in [-0.25, -0.2) is 18.5 Å². The second kappa shape index (κ2) is 10.3. The Morgan fingerprint density at radius 3 is 2.41 bits per heavy atom. The van der Waals surface area contributed by atoms with Gasteiger partial charge in [-0.05, 0) is 42.3 Å². The molecule has 3 aromatic carbocycles. The van der Waals surface area contributed by atoms with E-state index in [1.807, 2.05) is 49.4 Å². The lowest BCUT2D eigenvalue weighted by Gasteiger charge is -2.14. The summed E-state index contributed by atoms with van der Waals surface area (Å²) in [5, 5.41) is 17.6. The number of hydrogen-bond donors (Lipinski definition) is 2. The molecule has 188 valence electrons. The molecule has 0 spiro atoms. The third kappa shape index (κ3) is 5.33. The minimum Gasteiger partial charge on any atom is -0.325 e. The van der Waals surface area contributed by atoms with Crippen LogP contribution in [0.3, 0.4) is 0 Å². The van der Waals surface area contributed by atoms with Gasteiger partial charge in [0.15, 0.2) is 5.65 Å². The van der Waals surface area contributed by atoms with E-state index in [2.05, 4.69) is 32.2 Å². The number of carbonyl (C=O) groups excluding carboxylic acids is 1. The number of aromatic nitrogens is 4. The van der Waals surface area contributed by atoms with Crippen LogP contribution >= 0.6 is 11.8 Å². The Morgan fingerprint density at radius 2 is 1.70 bits per heavy atom. The Labute approximate surface area is 218 Å². The highest BCUT2D eigenvalue weighted by molar-refractivity contribution is 8.00. The molecule has 0 unspecified atom stereocenters. The zero-order valence-corrected chi connectivity index (χ0v) is 21.5. The van der Waals surface area contributed by atoms with Crippen LogP contribution in [-0.4, -0.2) is 39.3 Å². The lowest BCUT2D eigenvalue weighted by Crippen LogP contribution is -2.25. The van der Waals surface area contributed by atoms with Gasteiger partial charge < -0.3 is 9.88 Å². The highest BCUT2D eigenvalue weighted by Crippen LogP contribution is 2.30. The van der Waals surface area contributed by atoms with E-state index in [1.54, 1.807) is 0 Å². The number of hydrogen-bond acceptors (Lipinski definition) is 7. The zero-order chi connectivity index (χ0) is 26.0. The van der Waals surface area contributed by atoms with E-state index in [-0.39, 0.29) is 10.8 Å². The first-order valence-electron chi connectivity index (χ1n) is 11.6. The second-order valence-corrected chi connectivity index (χ2v) is 11.2. The molecular formula is C26H24N6O3S2. The summed E-state index contributed by atoms with van der Waals surface area (Å²) in [4.78, 5) is 17.8. The van der Waals surface area contributed by atoms with Gasteiger partial charge in [0.05, 0.1) is 15.7 Å². The number of anilines is 1. The summed E-state index contributed by atoms with van der Waals surface area (Å²) in [7, 11) is -3.80. The van der Waals surface area contributed by atoms with Crippen LogP contribution in [-0.2, 0) is 21.4 Å². The van der Waals surface area contributed by atoms with Gasteiger partial charge in [0, 0.05) is 17.6 Å². The van der Waals surface area contributed by atoms with Crippen molar-refractivity contribution in [1.29, 1.82) is 0 Å². The highest BCUT2D eigenvalue weighted by Gasteiger charge is 2.22. The summed E-state index contributed by atoms with van der Waals surface area (Å²) in [6.07, 6.45) is 0.528. The molecule has 0 aliphatic rings. The van der Waals surface area contributed by atoms with Crippen LogP contribution in [0.2, 0.25) is 0 Å². The molecule has 0 saturated heterocycles. The fraction of sp³-hybridized carbons (Fsp3) is 0.154. The van der Waals surface area contributed by atoms with E-state index in [1.165, 1.54) is 36.0 Å². The number of nitrogens with one attached hydrogen (secondary N) is 1. The molecule has 0 saturated carbocycles. The first-order valence-corrected chi connectivity index (χ1v) is 14.0. The normalized spacial score (nSPS) is 12.6. The van der Waals surface area contributed by atoms with E-state index in [0.717, 1.165) is 16.5 Å². The Bertz CT molecular complexity index is 1690. The standard InChI is InChI=1S/C26H24N6O3S2/c1-2-22(25(33)28-18-12-14-19(15-13-18)37(27,34)35)36-26-29-24-23(30-31-26)20-10-6-7-11-21(20)32(24)16-17-8-4-3-5-9-17/h3-15,22H,2,16H2,1H3,(H,28,33)(H2,27,34,35)/t22-/m0/s1. The van der Waals surface area contributed by atoms with Crippen molar-refractivity contribution in [1.82, 2.24) is 19.7 Å². The van der Waals surface area contributed by atoms with E-state index in [4.69, 9.17) is 10.1 Å². The second-order valence-electron chi connectivity index (χ2n) is 8.43. The largest absolute Gasteiger partial charge is 0.325 e. The van der Waals surface area contributed by atoms with Gasteiger partial charge in [0.1, 0.15) is 5.52 Å². The molecule has 5 rings (SSSR count). The first kappa shape index (κ1) is 24.9. The SMILES string of the molecule is CC[C@H](Sc1nnc2c3ccccc3n(Cc3ccccc3)c2n1)C(=O)Nc1ccc(S(N)(=O)=O)cc1. The summed E-state index contributed by atoms with van der Waals surface area (Å²) < 4.78 is 25.1. The van der Waals surface area contributed by atoms with Crippen molar-refractivity contribution >= 4 is 55.4 Å². The number of fused-ring (bicyclic) bond motifs is 3. The van der Waals surface area contributed by atoms with Crippen LogP contribution in [0.15, 0.2) is 88.9 Å². The Kier molecular flexibility index (Phi) is 6.92. The first-order chi connectivity index (χ1) is 17.8. The van der Waals surface area contributed by atoms with Gasteiger partial charge in [-0.1, -0.05) is 67.2 Å². The van der Waals surface area contributed by atoms with Crippen molar-refractivity contribution in [2.45, 2.75) is 35.2 Å². The van der Waals surface area contributed by atoms with E-state index < -0.39 is 15.3 Å². The van der Waals surface area contributed by atoms with Crippen LogP contribution in [0, 0.1) is 0 Å². The topological polar surface area (TPSA) is 133 Å². The molecule has 3 N–H and O–H groups in total. The number of amides is 1. The predicted octanol–water partition coefficient (Wildman–Crippen LogP) is 4.18. The smallest absolute Gasteiger partial charge is 0.238 e. The molecule has 2 heterocycles. The van der Waals surface area contributed by atoms with Crippen LogP contribution < -0.4 is 10.5 Å². The summed E-state index contributed by atoms with van der Waals surface area (Å²) in [6, 6.07) is 23.8. The number of nitrogens with zero attached hydrogens (tertiary/aromatic N) is 4.